The fraction of sp³-hybridized carbons (Fsp3) is 0.895. The Hall–Kier alpha value is -1.14. The molecule has 0 aromatic rings. The molecule has 2 amide bonds. The van der Waals surface area contributed by atoms with Gasteiger partial charge >= 0.3 is 0 Å². The first-order valence-electron chi connectivity index (χ1n) is 9.92. The van der Waals surface area contributed by atoms with Crippen LogP contribution in [0.4, 0.5) is 0 Å². The predicted molar refractivity (Wildman–Crippen MR) is 98.1 cm³/mol. The number of hydrogen-bond acceptors (Lipinski definition) is 4. The Bertz CT molecular complexity index is 449. The van der Waals surface area contributed by atoms with Crippen molar-refractivity contribution in [1.29, 1.82) is 0 Å². The molecule has 0 aromatic heterocycles. The number of carbonyl (C=O) groups excluding carboxylic acids is 2. The molecule has 25 heavy (non-hydrogen) atoms. The summed E-state index contributed by atoms with van der Waals surface area (Å²) >= 11 is 0. The highest BCUT2D eigenvalue weighted by atomic mass is 16.3. The summed E-state index contributed by atoms with van der Waals surface area (Å²) in [5.41, 5.74) is -1.37. The van der Waals surface area contributed by atoms with Gasteiger partial charge in [-0.2, -0.15) is 0 Å². The molecule has 2 fully saturated rings. The second kappa shape index (κ2) is 9.53. The molecule has 2 aliphatic rings. The van der Waals surface area contributed by atoms with E-state index < -0.39 is 5.60 Å². The lowest BCUT2D eigenvalue weighted by molar-refractivity contribution is -0.157. The standard InChI is InChI=1S/C19H35N3O3/c1-15(2)21-17(23)13-20-14-19(25)10-6-11-22(18(19)24)12-9-16-7-4-3-5-8-16/h15-16,20,25H,3-14H2,1-2H3,(H,21,23). The van der Waals surface area contributed by atoms with E-state index in [-0.39, 0.29) is 30.9 Å². The molecular formula is C19H35N3O3. The van der Waals surface area contributed by atoms with Crippen LogP contribution in [0.2, 0.25) is 0 Å². The van der Waals surface area contributed by atoms with Crippen molar-refractivity contribution < 1.29 is 14.7 Å². The maximum atomic E-state index is 12.7. The van der Waals surface area contributed by atoms with Crippen LogP contribution in [0.3, 0.4) is 0 Å². The van der Waals surface area contributed by atoms with E-state index in [4.69, 9.17) is 0 Å². The third-order valence-corrected chi connectivity index (χ3v) is 5.39. The van der Waals surface area contributed by atoms with Gasteiger partial charge in [0, 0.05) is 25.7 Å². The Morgan fingerprint density at radius 2 is 2.00 bits per heavy atom. The fourth-order valence-corrected chi connectivity index (χ4v) is 4.01. The molecule has 1 aliphatic carbocycles. The number of aliphatic hydroxyl groups is 1. The molecule has 1 heterocycles. The molecule has 6 heteroatoms. The molecule has 0 bridgehead atoms. The summed E-state index contributed by atoms with van der Waals surface area (Å²) < 4.78 is 0. The summed E-state index contributed by atoms with van der Waals surface area (Å²) in [6, 6.07) is 0.0870. The van der Waals surface area contributed by atoms with Crippen LogP contribution in [0.25, 0.3) is 0 Å². The Morgan fingerprint density at radius 1 is 1.28 bits per heavy atom. The zero-order valence-corrected chi connectivity index (χ0v) is 15.9. The van der Waals surface area contributed by atoms with Crippen molar-refractivity contribution in [1.82, 2.24) is 15.5 Å². The summed E-state index contributed by atoms with van der Waals surface area (Å²) in [5.74, 6) is 0.441. The smallest absolute Gasteiger partial charge is 0.255 e. The average Bonchev–Trinajstić information content (AvgIpc) is 2.57. The monoisotopic (exact) mass is 353 g/mol. The molecule has 1 saturated carbocycles. The van der Waals surface area contributed by atoms with Crippen LogP contribution in [0, 0.1) is 5.92 Å². The Kier molecular flexibility index (Phi) is 7.69. The summed E-state index contributed by atoms with van der Waals surface area (Å²) in [6.45, 7) is 5.55. The maximum absolute atomic E-state index is 12.7. The molecule has 0 radical (unpaired) electrons. The lowest BCUT2D eigenvalue weighted by Crippen LogP contribution is -2.58. The molecule has 0 aromatic carbocycles. The highest BCUT2D eigenvalue weighted by molar-refractivity contribution is 5.86. The predicted octanol–water partition coefficient (Wildman–Crippen LogP) is 1.42. The van der Waals surface area contributed by atoms with Gasteiger partial charge in [-0.05, 0) is 39.0 Å². The number of amides is 2. The first-order valence-corrected chi connectivity index (χ1v) is 9.92. The number of likely N-dealkylation sites (tertiary alicyclic amines) is 1. The molecule has 1 aliphatic heterocycles. The second-order valence-electron chi connectivity index (χ2n) is 8.05. The SMILES string of the molecule is CC(C)NC(=O)CNCC1(O)CCCN(CCC2CCCCC2)C1=O. The first-order chi connectivity index (χ1) is 11.9. The van der Waals surface area contributed by atoms with Crippen LogP contribution in [0.1, 0.15) is 65.2 Å². The van der Waals surface area contributed by atoms with Gasteiger partial charge in [0.2, 0.25) is 5.91 Å². The minimum atomic E-state index is -1.37. The fourth-order valence-electron chi connectivity index (χ4n) is 4.01. The minimum Gasteiger partial charge on any atom is -0.379 e. The van der Waals surface area contributed by atoms with Crippen molar-refractivity contribution in [2.75, 3.05) is 26.2 Å². The zero-order chi connectivity index (χ0) is 18.3. The number of carbonyl (C=O) groups is 2. The van der Waals surface area contributed by atoms with Crippen molar-refractivity contribution >= 4 is 11.8 Å². The van der Waals surface area contributed by atoms with Crippen molar-refractivity contribution in [3.63, 3.8) is 0 Å². The van der Waals surface area contributed by atoms with Gasteiger partial charge in [-0.15, -0.1) is 0 Å². The van der Waals surface area contributed by atoms with Gasteiger partial charge in [-0.25, -0.2) is 0 Å². The first kappa shape index (κ1) is 20.2. The molecule has 1 unspecified atom stereocenters. The van der Waals surface area contributed by atoms with Crippen molar-refractivity contribution in [3.05, 3.63) is 0 Å². The minimum absolute atomic E-state index is 0.0870. The molecular weight excluding hydrogens is 318 g/mol. The summed E-state index contributed by atoms with van der Waals surface area (Å²) in [6.07, 6.45) is 8.84. The Balaban J connectivity index is 1.77. The van der Waals surface area contributed by atoms with Crippen LogP contribution < -0.4 is 10.6 Å². The quantitative estimate of drug-likeness (QED) is 0.616. The van der Waals surface area contributed by atoms with Gasteiger partial charge < -0.3 is 20.6 Å². The van der Waals surface area contributed by atoms with Crippen LogP contribution >= 0.6 is 0 Å². The highest BCUT2D eigenvalue weighted by Gasteiger charge is 2.41. The lowest BCUT2D eigenvalue weighted by atomic mass is 9.86. The molecule has 0 spiro atoms. The van der Waals surface area contributed by atoms with E-state index in [0.717, 1.165) is 31.8 Å². The van der Waals surface area contributed by atoms with Crippen LogP contribution in [-0.2, 0) is 9.59 Å². The van der Waals surface area contributed by atoms with E-state index in [1.54, 1.807) is 0 Å². The summed E-state index contributed by atoms with van der Waals surface area (Å²) in [7, 11) is 0. The van der Waals surface area contributed by atoms with E-state index in [2.05, 4.69) is 10.6 Å². The normalized spacial score (nSPS) is 25.4. The number of nitrogens with one attached hydrogen (secondary N) is 2. The second-order valence-corrected chi connectivity index (χ2v) is 8.05. The van der Waals surface area contributed by atoms with Gasteiger partial charge in [-0.3, -0.25) is 9.59 Å². The van der Waals surface area contributed by atoms with Gasteiger partial charge in [0.25, 0.3) is 5.91 Å². The molecule has 1 saturated heterocycles. The van der Waals surface area contributed by atoms with Crippen LogP contribution in [0.5, 0.6) is 0 Å². The highest BCUT2D eigenvalue weighted by Crippen LogP contribution is 2.28. The number of nitrogens with zero attached hydrogens (tertiary/aromatic N) is 1. The molecule has 144 valence electrons. The number of piperidine rings is 1. The third kappa shape index (κ3) is 6.26. The lowest BCUT2D eigenvalue weighted by Gasteiger charge is -2.39. The Morgan fingerprint density at radius 3 is 2.68 bits per heavy atom. The van der Waals surface area contributed by atoms with E-state index >= 15 is 0 Å². The van der Waals surface area contributed by atoms with Crippen molar-refractivity contribution in [2.45, 2.75) is 76.9 Å². The molecule has 3 N–H and O–H groups in total. The summed E-state index contributed by atoms with van der Waals surface area (Å²) in [4.78, 5) is 26.2. The molecule has 2 rings (SSSR count). The van der Waals surface area contributed by atoms with Crippen LogP contribution in [0.15, 0.2) is 0 Å². The zero-order valence-electron chi connectivity index (χ0n) is 15.9. The average molecular weight is 354 g/mol. The van der Waals surface area contributed by atoms with Crippen LogP contribution in [-0.4, -0.2) is 59.6 Å². The Labute approximate surface area is 151 Å². The van der Waals surface area contributed by atoms with E-state index in [1.165, 1.54) is 32.1 Å². The summed E-state index contributed by atoms with van der Waals surface area (Å²) in [5, 5.41) is 16.5. The van der Waals surface area contributed by atoms with Gasteiger partial charge in [0.1, 0.15) is 0 Å². The molecule has 1 atom stereocenters. The van der Waals surface area contributed by atoms with Gasteiger partial charge in [-0.1, -0.05) is 32.1 Å². The van der Waals surface area contributed by atoms with E-state index in [9.17, 15) is 14.7 Å². The van der Waals surface area contributed by atoms with E-state index in [0.29, 0.717) is 6.42 Å². The van der Waals surface area contributed by atoms with E-state index in [1.807, 2.05) is 18.7 Å². The largest absolute Gasteiger partial charge is 0.379 e. The van der Waals surface area contributed by atoms with Crippen molar-refractivity contribution in [2.24, 2.45) is 5.92 Å². The van der Waals surface area contributed by atoms with Gasteiger partial charge in [0.15, 0.2) is 5.60 Å². The topological polar surface area (TPSA) is 81.7 Å². The van der Waals surface area contributed by atoms with Gasteiger partial charge in [0.05, 0.1) is 6.54 Å². The third-order valence-electron chi connectivity index (χ3n) is 5.39. The number of hydrogen-bond donors (Lipinski definition) is 3. The van der Waals surface area contributed by atoms with Crippen molar-refractivity contribution in [3.8, 4) is 0 Å². The maximum Gasteiger partial charge on any atom is 0.255 e. The molecule has 6 nitrogen and oxygen atoms in total. The number of rotatable bonds is 8.